The molecule has 1 aromatic heterocycles. The number of hydrogen-bond donors (Lipinski definition) is 0. The predicted octanol–water partition coefficient (Wildman–Crippen LogP) is 5.09. The lowest BCUT2D eigenvalue weighted by Gasteiger charge is -2.21. The van der Waals surface area contributed by atoms with Gasteiger partial charge in [0, 0.05) is 31.0 Å². The third kappa shape index (κ3) is 5.17. The quantitative estimate of drug-likeness (QED) is 0.506. The number of carbonyl (C=O) groups excluding carboxylic acids is 1. The molecule has 0 saturated carbocycles. The molecule has 0 N–H and O–H groups in total. The van der Waals surface area contributed by atoms with Crippen LogP contribution in [0.2, 0.25) is 0 Å². The molecule has 0 unspecified atom stereocenters. The molecule has 0 aliphatic rings. The van der Waals surface area contributed by atoms with Crippen molar-refractivity contribution in [3.05, 3.63) is 102 Å². The highest BCUT2D eigenvalue weighted by Gasteiger charge is 2.29. The monoisotopic (exact) mass is 413 g/mol. The van der Waals surface area contributed by atoms with Crippen molar-refractivity contribution in [2.75, 3.05) is 6.54 Å². The average Bonchev–Trinajstić information content (AvgIpc) is 3.14. The highest BCUT2D eigenvalue weighted by molar-refractivity contribution is 5.94. The van der Waals surface area contributed by atoms with Gasteiger partial charge >= 0.3 is 6.18 Å². The highest BCUT2D eigenvalue weighted by Crippen LogP contribution is 2.29. The largest absolute Gasteiger partial charge is 0.416 e. The van der Waals surface area contributed by atoms with Crippen LogP contribution in [-0.2, 0) is 19.3 Å². The van der Waals surface area contributed by atoms with Crippen molar-refractivity contribution in [3.63, 3.8) is 0 Å². The zero-order chi connectivity index (χ0) is 21.7. The molecule has 30 heavy (non-hydrogen) atoms. The maximum absolute atomic E-state index is 12.9. The number of halogens is 3. The molecule has 3 aromatic rings. The summed E-state index contributed by atoms with van der Waals surface area (Å²) in [6, 6.07) is 12.4. The van der Waals surface area contributed by atoms with Crippen molar-refractivity contribution in [3.8, 4) is 0 Å². The Hall–Kier alpha value is -3.35. The Bertz CT molecular complexity index is 1010. The topological polar surface area (TPSA) is 38.1 Å². The van der Waals surface area contributed by atoms with Gasteiger partial charge in [-0.05, 0) is 36.8 Å². The van der Waals surface area contributed by atoms with E-state index in [0.29, 0.717) is 30.0 Å². The van der Waals surface area contributed by atoms with E-state index in [1.165, 1.54) is 12.1 Å². The molecule has 156 valence electrons. The van der Waals surface area contributed by atoms with Gasteiger partial charge in [0.2, 0.25) is 0 Å². The lowest BCUT2D eigenvalue weighted by atomic mass is 10.1. The molecule has 0 atom stereocenters. The van der Waals surface area contributed by atoms with Gasteiger partial charge in [-0.25, -0.2) is 4.98 Å². The molecule has 0 spiro atoms. The van der Waals surface area contributed by atoms with Gasteiger partial charge in [-0.2, -0.15) is 13.2 Å². The first-order valence-corrected chi connectivity index (χ1v) is 9.41. The van der Waals surface area contributed by atoms with Crippen molar-refractivity contribution < 1.29 is 18.0 Å². The Morgan fingerprint density at radius 3 is 2.40 bits per heavy atom. The molecule has 0 aliphatic heterocycles. The second-order valence-electron chi connectivity index (χ2n) is 7.01. The van der Waals surface area contributed by atoms with Crippen LogP contribution in [0, 0.1) is 6.92 Å². The van der Waals surface area contributed by atoms with E-state index < -0.39 is 11.7 Å². The molecular formula is C23H22F3N3O. The van der Waals surface area contributed by atoms with E-state index in [4.69, 9.17) is 0 Å². The lowest BCUT2D eigenvalue weighted by Crippen LogP contribution is -2.32. The number of alkyl halides is 3. The fourth-order valence-corrected chi connectivity index (χ4v) is 3.06. The average molecular weight is 413 g/mol. The molecule has 3 rings (SSSR count). The summed E-state index contributed by atoms with van der Waals surface area (Å²) in [7, 11) is 0. The molecular weight excluding hydrogens is 391 g/mol. The summed E-state index contributed by atoms with van der Waals surface area (Å²) in [6.45, 7) is 6.64. The van der Waals surface area contributed by atoms with E-state index in [9.17, 15) is 18.0 Å². The van der Waals surface area contributed by atoms with Crippen molar-refractivity contribution in [1.82, 2.24) is 14.5 Å². The summed E-state index contributed by atoms with van der Waals surface area (Å²) in [4.78, 5) is 18.9. The standard InChI is InChI=1S/C23H22F3N3O/c1-3-13-29(22(30)19-8-4-17(2)5-9-19)16-21-27-12-14-28(21)15-18-6-10-20(11-7-18)23(24,25)26/h3-12,14H,1,13,15-16H2,2H3. The normalized spacial score (nSPS) is 11.3. The third-order valence-electron chi connectivity index (χ3n) is 4.70. The third-order valence-corrected chi connectivity index (χ3v) is 4.70. The van der Waals surface area contributed by atoms with Crippen LogP contribution < -0.4 is 0 Å². The molecule has 0 radical (unpaired) electrons. The van der Waals surface area contributed by atoms with E-state index in [-0.39, 0.29) is 12.5 Å². The van der Waals surface area contributed by atoms with Gasteiger partial charge in [0.15, 0.2) is 0 Å². The van der Waals surface area contributed by atoms with Gasteiger partial charge in [-0.1, -0.05) is 35.9 Å². The Labute approximate surface area is 173 Å². The van der Waals surface area contributed by atoms with Crippen LogP contribution >= 0.6 is 0 Å². The van der Waals surface area contributed by atoms with E-state index in [1.54, 1.807) is 35.5 Å². The van der Waals surface area contributed by atoms with Crippen LogP contribution in [0.3, 0.4) is 0 Å². The van der Waals surface area contributed by atoms with Crippen LogP contribution in [-0.4, -0.2) is 26.9 Å². The molecule has 0 aliphatic carbocycles. The lowest BCUT2D eigenvalue weighted by molar-refractivity contribution is -0.137. The number of hydrogen-bond acceptors (Lipinski definition) is 2. The maximum atomic E-state index is 12.9. The van der Waals surface area contributed by atoms with Crippen molar-refractivity contribution in [1.29, 1.82) is 0 Å². The summed E-state index contributed by atoms with van der Waals surface area (Å²) < 4.78 is 40.1. The first-order chi connectivity index (χ1) is 14.3. The van der Waals surface area contributed by atoms with Crippen LogP contribution in [0.1, 0.15) is 32.9 Å². The van der Waals surface area contributed by atoms with Crippen molar-refractivity contribution in [2.24, 2.45) is 0 Å². The number of aryl methyl sites for hydroxylation is 1. The molecule has 0 fully saturated rings. The summed E-state index contributed by atoms with van der Waals surface area (Å²) in [6.07, 6.45) is 0.646. The minimum Gasteiger partial charge on any atom is -0.329 e. The smallest absolute Gasteiger partial charge is 0.329 e. The number of carbonyl (C=O) groups is 1. The van der Waals surface area contributed by atoms with Gasteiger partial charge in [0.25, 0.3) is 5.91 Å². The fourth-order valence-electron chi connectivity index (χ4n) is 3.06. The van der Waals surface area contributed by atoms with Crippen molar-refractivity contribution in [2.45, 2.75) is 26.2 Å². The SMILES string of the molecule is C=CCN(Cc1nccn1Cc1ccc(C(F)(F)F)cc1)C(=O)c1ccc(C)cc1. The summed E-state index contributed by atoms with van der Waals surface area (Å²) in [5, 5.41) is 0. The predicted molar refractivity (Wildman–Crippen MR) is 109 cm³/mol. The second-order valence-corrected chi connectivity index (χ2v) is 7.01. The molecule has 0 saturated heterocycles. The van der Waals surface area contributed by atoms with Crippen LogP contribution in [0.5, 0.6) is 0 Å². The van der Waals surface area contributed by atoms with Crippen LogP contribution in [0.15, 0.2) is 73.6 Å². The zero-order valence-electron chi connectivity index (χ0n) is 16.6. The van der Waals surface area contributed by atoms with Gasteiger partial charge in [-0.15, -0.1) is 6.58 Å². The summed E-state index contributed by atoms with van der Waals surface area (Å²) in [5.74, 6) is 0.496. The molecule has 4 nitrogen and oxygen atoms in total. The number of benzene rings is 2. The molecule has 0 bridgehead atoms. The Kier molecular flexibility index (Phi) is 6.40. The Morgan fingerprint density at radius 2 is 1.80 bits per heavy atom. The highest BCUT2D eigenvalue weighted by atomic mass is 19.4. The van der Waals surface area contributed by atoms with Crippen LogP contribution in [0.4, 0.5) is 13.2 Å². The first kappa shape index (κ1) is 21.4. The Morgan fingerprint density at radius 1 is 1.13 bits per heavy atom. The number of aromatic nitrogens is 2. The Balaban J connectivity index is 1.76. The number of nitrogens with zero attached hydrogens (tertiary/aromatic N) is 3. The van der Waals surface area contributed by atoms with Gasteiger partial charge in [0.05, 0.1) is 12.1 Å². The molecule has 1 amide bonds. The molecule has 1 heterocycles. The minimum atomic E-state index is -4.36. The number of rotatable bonds is 7. The first-order valence-electron chi connectivity index (χ1n) is 9.41. The fraction of sp³-hybridized carbons (Fsp3) is 0.217. The number of imidazole rings is 1. The molecule has 2 aromatic carbocycles. The molecule has 7 heteroatoms. The van der Waals surface area contributed by atoms with E-state index in [0.717, 1.165) is 17.7 Å². The number of amides is 1. The van der Waals surface area contributed by atoms with Gasteiger partial charge in [0.1, 0.15) is 5.82 Å². The summed E-state index contributed by atoms with van der Waals surface area (Å²) >= 11 is 0. The van der Waals surface area contributed by atoms with Gasteiger partial charge in [-0.3, -0.25) is 4.79 Å². The van der Waals surface area contributed by atoms with E-state index >= 15 is 0 Å². The van der Waals surface area contributed by atoms with E-state index in [2.05, 4.69) is 11.6 Å². The second kappa shape index (κ2) is 8.98. The van der Waals surface area contributed by atoms with Gasteiger partial charge < -0.3 is 9.47 Å². The van der Waals surface area contributed by atoms with Crippen molar-refractivity contribution >= 4 is 5.91 Å². The zero-order valence-corrected chi connectivity index (χ0v) is 16.6. The minimum absolute atomic E-state index is 0.140. The van der Waals surface area contributed by atoms with Crippen LogP contribution in [0.25, 0.3) is 0 Å². The summed E-state index contributed by atoms with van der Waals surface area (Å²) in [5.41, 5.74) is 1.66. The van der Waals surface area contributed by atoms with E-state index in [1.807, 2.05) is 23.6 Å². The maximum Gasteiger partial charge on any atom is 0.416 e.